The van der Waals surface area contributed by atoms with E-state index in [0.29, 0.717) is 4.48 Å². The van der Waals surface area contributed by atoms with Gasteiger partial charge in [-0.25, -0.2) is 0 Å². The largest absolute Gasteiger partial charge is 0.297 e. The Labute approximate surface area is 94.1 Å². The van der Waals surface area contributed by atoms with Crippen LogP contribution in [0.4, 0.5) is 0 Å². The maximum absolute atomic E-state index is 10.5. The summed E-state index contributed by atoms with van der Waals surface area (Å²) in [5.41, 5.74) is 1.99. The molecule has 0 N–H and O–H groups in total. The summed E-state index contributed by atoms with van der Waals surface area (Å²) >= 11 is 6.55. The zero-order valence-corrected chi connectivity index (χ0v) is 10.2. The monoisotopic (exact) mass is 302 g/mol. The van der Waals surface area contributed by atoms with Gasteiger partial charge in [0.2, 0.25) is 0 Å². The Kier molecular flexibility index (Phi) is 3.88. The van der Waals surface area contributed by atoms with E-state index in [1.54, 1.807) is 0 Å². The highest BCUT2D eigenvalue weighted by Gasteiger charge is 2.00. The molecule has 0 aliphatic rings. The molecule has 1 nitrogen and oxygen atoms in total. The van der Waals surface area contributed by atoms with Crippen LogP contribution in [-0.2, 0) is 4.79 Å². The molecule has 0 fully saturated rings. The highest BCUT2D eigenvalue weighted by atomic mass is 79.9. The summed E-state index contributed by atoms with van der Waals surface area (Å²) in [5, 5.41) is 0. The molecular weight excluding hydrogens is 296 g/mol. The normalized spacial score (nSPS) is 12.2. The molecule has 0 heterocycles. The van der Waals surface area contributed by atoms with Crippen molar-refractivity contribution in [2.45, 2.75) is 6.92 Å². The second kappa shape index (κ2) is 4.72. The van der Waals surface area contributed by atoms with Crippen LogP contribution in [0.3, 0.4) is 0 Å². The predicted molar refractivity (Wildman–Crippen MR) is 61.7 cm³/mol. The van der Waals surface area contributed by atoms with E-state index in [-0.39, 0.29) is 0 Å². The molecule has 0 spiro atoms. The lowest BCUT2D eigenvalue weighted by molar-refractivity contribution is -0.104. The molecular formula is C10H8Br2O. The Morgan fingerprint density at radius 3 is 2.31 bits per heavy atom. The fourth-order valence-electron chi connectivity index (χ4n) is 0.926. The molecule has 13 heavy (non-hydrogen) atoms. The Balaban J connectivity index is 3.09. The summed E-state index contributed by atoms with van der Waals surface area (Å²) in [6.07, 6.45) is 0.803. The first-order chi connectivity index (χ1) is 6.15. The van der Waals surface area contributed by atoms with E-state index >= 15 is 0 Å². The van der Waals surface area contributed by atoms with Crippen LogP contribution in [0, 0.1) is 0 Å². The van der Waals surface area contributed by atoms with Crippen molar-refractivity contribution in [1.29, 1.82) is 0 Å². The van der Waals surface area contributed by atoms with E-state index in [1.165, 1.54) is 0 Å². The van der Waals surface area contributed by atoms with Crippen LogP contribution in [0.2, 0.25) is 0 Å². The first-order valence-corrected chi connectivity index (χ1v) is 5.31. The van der Waals surface area contributed by atoms with Crippen LogP contribution in [0.1, 0.15) is 12.5 Å². The lowest BCUT2D eigenvalue weighted by Gasteiger charge is -2.01. The average molecular weight is 304 g/mol. The maximum atomic E-state index is 10.5. The maximum Gasteiger partial charge on any atom is 0.157 e. The lowest BCUT2D eigenvalue weighted by atomic mass is 10.1. The number of hydrogen-bond donors (Lipinski definition) is 0. The number of benzene rings is 1. The minimum Gasteiger partial charge on any atom is -0.297 e. The molecule has 0 atom stereocenters. The molecule has 0 unspecified atom stereocenters. The van der Waals surface area contributed by atoms with Crippen molar-refractivity contribution in [3.63, 3.8) is 0 Å². The SMILES string of the molecule is C/C(=C(/Br)C=O)c1ccc(Br)cc1. The molecule has 0 radical (unpaired) electrons. The molecule has 0 saturated heterocycles. The number of hydrogen-bond acceptors (Lipinski definition) is 1. The topological polar surface area (TPSA) is 17.1 Å². The van der Waals surface area contributed by atoms with Gasteiger partial charge in [0, 0.05) is 4.47 Å². The Morgan fingerprint density at radius 2 is 1.85 bits per heavy atom. The van der Waals surface area contributed by atoms with Crippen molar-refractivity contribution in [2.75, 3.05) is 0 Å². The van der Waals surface area contributed by atoms with Gasteiger partial charge in [-0.2, -0.15) is 0 Å². The van der Waals surface area contributed by atoms with Crippen molar-refractivity contribution in [2.24, 2.45) is 0 Å². The average Bonchev–Trinajstić information content (AvgIpc) is 2.17. The van der Waals surface area contributed by atoms with Crippen LogP contribution in [0.15, 0.2) is 33.2 Å². The molecule has 1 aromatic carbocycles. The van der Waals surface area contributed by atoms with E-state index in [1.807, 2.05) is 31.2 Å². The lowest BCUT2D eigenvalue weighted by Crippen LogP contribution is -1.83. The summed E-state index contributed by atoms with van der Waals surface area (Å²) in [4.78, 5) is 10.5. The molecule has 3 heteroatoms. The number of rotatable bonds is 2. The van der Waals surface area contributed by atoms with E-state index in [9.17, 15) is 4.79 Å². The molecule has 1 rings (SSSR count). The second-order valence-electron chi connectivity index (χ2n) is 2.60. The van der Waals surface area contributed by atoms with E-state index in [2.05, 4.69) is 31.9 Å². The summed E-state index contributed by atoms with van der Waals surface area (Å²) in [7, 11) is 0. The van der Waals surface area contributed by atoms with Gasteiger partial charge in [-0.05, 0) is 46.1 Å². The number of aldehydes is 1. The smallest absolute Gasteiger partial charge is 0.157 e. The van der Waals surface area contributed by atoms with Gasteiger partial charge in [-0.3, -0.25) is 4.79 Å². The van der Waals surface area contributed by atoms with Crippen LogP contribution in [0.5, 0.6) is 0 Å². The standard InChI is InChI=1S/C10H8Br2O/c1-7(10(12)6-13)8-2-4-9(11)5-3-8/h2-6H,1H3/b10-7-. The third-order valence-electron chi connectivity index (χ3n) is 1.74. The van der Waals surface area contributed by atoms with Gasteiger partial charge in [-0.15, -0.1) is 0 Å². The zero-order chi connectivity index (χ0) is 9.84. The van der Waals surface area contributed by atoms with Gasteiger partial charge in [0.25, 0.3) is 0 Å². The number of carbonyl (C=O) groups excluding carboxylic acids is 1. The first-order valence-electron chi connectivity index (χ1n) is 3.72. The fourth-order valence-corrected chi connectivity index (χ4v) is 1.42. The van der Waals surface area contributed by atoms with Crippen molar-refractivity contribution in [3.05, 3.63) is 38.8 Å². The zero-order valence-electron chi connectivity index (χ0n) is 7.05. The molecule has 0 aromatic heterocycles. The molecule has 68 valence electrons. The first kappa shape index (κ1) is 10.7. The summed E-state index contributed by atoms with van der Waals surface area (Å²) in [6, 6.07) is 7.82. The molecule has 0 bridgehead atoms. The quantitative estimate of drug-likeness (QED) is 0.600. The molecule has 0 saturated carbocycles. The van der Waals surface area contributed by atoms with Crippen molar-refractivity contribution >= 4 is 43.7 Å². The second-order valence-corrected chi connectivity index (χ2v) is 4.37. The van der Waals surface area contributed by atoms with Gasteiger partial charge in [0.1, 0.15) is 0 Å². The highest BCUT2D eigenvalue weighted by molar-refractivity contribution is 9.12. The van der Waals surface area contributed by atoms with E-state index in [0.717, 1.165) is 21.9 Å². The van der Waals surface area contributed by atoms with Crippen molar-refractivity contribution < 1.29 is 4.79 Å². The van der Waals surface area contributed by atoms with Crippen molar-refractivity contribution in [1.82, 2.24) is 0 Å². The summed E-state index contributed by atoms with van der Waals surface area (Å²) < 4.78 is 1.63. The van der Waals surface area contributed by atoms with Crippen LogP contribution in [-0.4, -0.2) is 6.29 Å². The third kappa shape index (κ3) is 2.78. The molecule has 0 amide bonds. The summed E-state index contributed by atoms with van der Waals surface area (Å²) in [5.74, 6) is 0. The van der Waals surface area contributed by atoms with Gasteiger partial charge in [0.15, 0.2) is 6.29 Å². The van der Waals surface area contributed by atoms with Gasteiger partial charge in [-0.1, -0.05) is 28.1 Å². The Morgan fingerprint density at radius 1 is 1.31 bits per heavy atom. The fraction of sp³-hybridized carbons (Fsp3) is 0.100. The van der Waals surface area contributed by atoms with Crippen LogP contribution >= 0.6 is 31.9 Å². The van der Waals surface area contributed by atoms with E-state index < -0.39 is 0 Å². The molecule has 0 aliphatic carbocycles. The Hall–Kier alpha value is -0.410. The minimum absolute atomic E-state index is 0.592. The van der Waals surface area contributed by atoms with Crippen LogP contribution in [0.25, 0.3) is 5.57 Å². The van der Waals surface area contributed by atoms with Gasteiger partial charge >= 0.3 is 0 Å². The molecule has 0 aliphatic heterocycles. The van der Waals surface area contributed by atoms with Crippen LogP contribution < -0.4 is 0 Å². The summed E-state index contributed by atoms with van der Waals surface area (Å²) in [6.45, 7) is 1.90. The number of allylic oxidation sites excluding steroid dienone is 2. The number of carbonyl (C=O) groups is 1. The number of halogens is 2. The van der Waals surface area contributed by atoms with E-state index in [4.69, 9.17) is 0 Å². The predicted octanol–water partition coefficient (Wildman–Crippen LogP) is 3.77. The molecule has 1 aromatic rings. The minimum atomic E-state index is 0.592. The highest BCUT2D eigenvalue weighted by Crippen LogP contribution is 2.22. The Bertz CT molecular complexity index is 338. The van der Waals surface area contributed by atoms with Crippen molar-refractivity contribution in [3.8, 4) is 0 Å². The van der Waals surface area contributed by atoms with Gasteiger partial charge in [0.05, 0.1) is 4.48 Å². The van der Waals surface area contributed by atoms with Gasteiger partial charge < -0.3 is 0 Å². The third-order valence-corrected chi connectivity index (χ3v) is 3.05.